The first-order valence-electron chi connectivity index (χ1n) is 9.56. The molecule has 0 bridgehead atoms. The number of benzene rings is 1. The quantitative estimate of drug-likeness (QED) is 0.790. The van der Waals surface area contributed by atoms with Gasteiger partial charge < -0.3 is 11.1 Å². The second kappa shape index (κ2) is 9.37. The largest absolute Gasteiger partial charge is 0.349 e. The molecule has 1 aliphatic heterocycles. The molecule has 1 amide bonds. The molecule has 2 aliphatic rings. The molecule has 1 saturated heterocycles. The Balaban J connectivity index is 0.00000261. The predicted molar refractivity (Wildman–Crippen MR) is 109 cm³/mol. The number of halogens is 1. The van der Waals surface area contributed by atoms with Crippen LogP contribution in [0.15, 0.2) is 29.2 Å². The minimum atomic E-state index is -3.57. The molecule has 2 fully saturated rings. The zero-order valence-electron chi connectivity index (χ0n) is 15.8. The summed E-state index contributed by atoms with van der Waals surface area (Å²) in [4.78, 5) is 12.8. The van der Waals surface area contributed by atoms with E-state index in [1.807, 2.05) is 6.92 Å². The summed E-state index contributed by atoms with van der Waals surface area (Å²) in [6, 6.07) is 6.73. The van der Waals surface area contributed by atoms with E-state index in [-0.39, 0.29) is 41.3 Å². The number of piperidine rings is 1. The number of nitrogens with two attached hydrogens (primary N) is 1. The first-order valence-corrected chi connectivity index (χ1v) is 11.0. The van der Waals surface area contributed by atoms with Gasteiger partial charge in [0.25, 0.3) is 5.91 Å². The Morgan fingerprint density at radius 1 is 1.15 bits per heavy atom. The minimum Gasteiger partial charge on any atom is -0.349 e. The number of carbonyl (C=O) groups excluding carboxylic acids is 1. The van der Waals surface area contributed by atoms with Crippen molar-refractivity contribution in [3.63, 3.8) is 0 Å². The number of sulfonamides is 1. The Hall–Kier alpha value is -1.15. The van der Waals surface area contributed by atoms with Crippen molar-refractivity contribution < 1.29 is 13.2 Å². The molecule has 1 aliphatic carbocycles. The maximum Gasteiger partial charge on any atom is 0.251 e. The van der Waals surface area contributed by atoms with Crippen LogP contribution in [0.25, 0.3) is 0 Å². The molecule has 8 heteroatoms. The van der Waals surface area contributed by atoms with Crippen LogP contribution >= 0.6 is 12.4 Å². The van der Waals surface area contributed by atoms with Gasteiger partial charge in [0.05, 0.1) is 4.90 Å². The van der Waals surface area contributed by atoms with Gasteiger partial charge in [0.2, 0.25) is 10.0 Å². The van der Waals surface area contributed by atoms with Gasteiger partial charge >= 0.3 is 0 Å². The molecule has 1 heterocycles. The summed E-state index contributed by atoms with van der Waals surface area (Å²) < 4.78 is 27.5. The highest BCUT2D eigenvalue weighted by atomic mass is 35.5. The topological polar surface area (TPSA) is 92.5 Å². The SMILES string of the molecule is CC1CCCCN1S(=O)(=O)c1cccc(C(=O)NC2CCC(N)CC2)c1.Cl. The van der Waals surface area contributed by atoms with E-state index in [4.69, 9.17) is 5.73 Å². The van der Waals surface area contributed by atoms with Crippen LogP contribution in [-0.4, -0.2) is 43.3 Å². The van der Waals surface area contributed by atoms with E-state index in [9.17, 15) is 13.2 Å². The average Bonchev–Trinajstić information content (AvgIpc) is 2.64. The Bertz CT molecular complexity index is 748. The summed E-state index contributed by atoms with van der Waals surface area (Å²) in [6.45, 7) is 2.49. The molecular formula is C19H30ClN3O3S. The van der Waals surface area contributed by atoms with Crippen LogP contribution in [0.4, 0.5) is 0 Å². The molecule has 27 heavy (non-hydrogen) atoms. The van der Waals surface area contributed by atoms with Crippen molar-refractivity contribution in [2.45, 2.75) is 74.9 Å². The number of rotatable bonds is 4. The molecule has 1 aromatic rings. The van der Waals surface area contributed by atoms with Gasteiger partial charge in [-0.3, -0.25) is 4.79 Å². The van der Waals surface area contributed by atoms with E-state index < -0.39 is 10.0 Å². The Kier molecular flexibility index (Phi) is 7.68. The lowest BCUT2D eigenvalue weighted by atomic mass is 9.91. The molecule has 3 N–H and O–H groups in total. The van der Waals surface area contributed by atoms with Crippen LogP contribution in [0.3, 0.4) is 0 Å². The first-order chi connectivity index (χ1) is 12.4. The van der Waals surface area contributed by atoms with E-state index in [0.29, 0.717) is 12.1 Å². The van der Waals surface area contributed by atoms with Crippen molar-refractivity contribution in [1.82, 2.24) is 9.62 Å². The van der Waals surface area contributed by atoms with Gasteiger partial charge in [0.1, 0.15) is 0 Å². The molecule has 0 radical (unpaired) electrons. The van der Waals surface area contributed by atoms with E-state index in [1.165, 1.54) is 6.07 Å². The first kappa shape index (κ1) is 22.1. The monoisotopic (exact) mass is 415 g/mol. The van der Waals surface area contributed by atoms with Crippen molar-refractivity contribution in [2.75, 3.05) is 6.54 Å². The van der Waals surface area contributed by atoms with Gasteiger partial charge in [0, 0.05) is 30.2 Å². The molecule has 6 nitrogen and oxygen atoms in total. The van der Waals surface area contributed by atoms with Crippen LogP contribution in [0.2, 0.25) is 0 Å². The average molecular weight is 416 g/mol. The molecule has 0 spiro atoms. The fraction of sp³-hybridized carbons (Fsp3) is 0.632. The summed E-state index contributed by atoms with van der Waals surface area (Å²) in [5.41, 5.74) is 6.30. The van der Waals surface area contributed by atoms with Crippen molar-refractivity contribution in [1.29, 1.82) is 0 Å². The predicted octanol–water partition coefficient (Wildman–Crippen LogP) is 2.67. The molecule has 152 valence electrons. The highest BCUT2D eigenvalue weighted by molar-refractivity contribution is 7.89. The van der Waals surface area contributed by atoms with E-state index in [1.54, 1.807) is 22.5 Å². The number of nitrogens with one attached hydrogen (secondary N) is 1. The fourth-order valence-electron chi connectivity index (χ4n) is 3.89. The molecule has 0 aromatic heterocycles. The molecule has 1 saturated carbocycles. The van der Waals surface area contributed by atoms with Crippen molar-refractivity contribution in [3.8, 4) is 0 Å². The standard InChI is InChI=1S/C19H29N3O3S.ClH/c1-14-5-2-3-12-22(14)26(24,25)18-7-4-6-15(13-18)19(23)21-17-10-8-16(20)9-11-17;/h4,6-7,13-14,16-17H,2-3,5,8-12,20H2,1H3,(H,21,23);1H. The third-order valence-corrected chi connectivity index (χ3v) is 7.56. The third-order valence-electron chi connectivity index (χ3n) is 5.55. The van der Waals surface area contributed by atoms with Crippen molar-refractivity contribution in [2.24, 2.45) is 5.73 Å². The zero-order chi connectivity index (χ0) is 18.7. The Morgan fingerprint density at radius 3 is 2.52 bits per heavy atom. The zero-order valence-corrected chi connectivity index (χ0v) is 17.4. The lowest BCUT2D eigenvalue weighted by molar-refractivity contribution is 0.0925. The van der Waals surface area contributed by atoms with Crippen molar-refractivity contribution >= 4 is 28.3 Å². The smallest absolute Gasteiger partial charge is 0.251 e. The molecule has 1 atom stereocenters. The molecule has 3 rings (SSSR count). The lowest BCUT2D eigenvalue weighted by Crippen LogP contribution is -2.42. The second-order valence-electron chi connectivity index (χ2n) is 7.57. The van der Waals surface area contributed by atoms with Gasteiger partial charge in [-0.2, -0.15) is 4.31 Å². The van der Waals surface area contributed by atoms with Gasteiger partial charge in [-0.15, -0.1) is 12.4 Å². The van der Waals surface area contributed by atoms with E-state index in [2.05, 4.69) is 5.32 Å². The maximum atomic E-state index is 13.0. The summed E-state index contributed by atoms with van der Waals surface area (Å²) in [7, 11) is -3.57. The minimum absolute atomic E-state index is 0. The second-order valence-corrected chi connectivity index (χ2v) is 9.46. The number of amides is 1. The highest BCUT2D eigenvalue weighted by Gasteiger charge is 2.31. The summed E-state index contributed by atoms with van der Waals surface area (Å²) in [5.74, 6) is -0.214. The van der Waals surface area contributed by atoms with Crippen LogP contribution in [0.5, 0.6) is 0 Å². The molecule has 1 unspecified atom stereocenters. The number of hydrogen-bond donors (Lipinski definition) is 2. The van der Waals surface area contributed by atoms with Crippen molar-refractivity contribution in [3.05, 3.63) is 29.8 Å². The van der Waals surface area contributed by atoms with Crippen LogP contribution in [-0.2, 0) is 10.0 Å². The Morgan fingerprint density at radius 2 is 1.85 bits per heavy atom. The molecular weight excluding hydrogens is 386 g/mol. The highest BCUT2D eigenvalue weighted by Crippen LogP contribution is 2.25. The van der Waals surface area contributed by atoms with E-state index >= 15 is 0 Å². The van der Waals surface area contributed by atoms with Gasteiger partial charge in [-0.05, 0) is 63.6 Å². The third kappa shape index (κ3) is 5.22. The number of hydrogen-bond acceptors (Lipinski definition) is 4. The summed E-state index contributed by atoms with van der Waals surface area (Å²) >= 11 is 0. The van der Waals surface area contributed by atoms with Crippen LogP contribution in [0, 0.1) is 0 Å². The fourth-order valence-corrected chi connectivity index (χ4v) is 5.64. The van der Waals surface area contributed by atoms with Gasteiger partial charge in [-0.1, -0.05) is 12.5 Å². The van der Waals surface area contributed by atoms with E-state index in [0.717, 1.165) is 44.9 Å². The summed E-state index contributed by atoms with van der Waals surface area (Å²) in [6.07, 6.45) is 6.38. The van der Waals surface area contributed by atoms with Crippen LogP contribution < -0.4 is 11.1 Å². The van der Waals surface area contributed by atoms with Crippen LogP contribution in [0.1, 0.15) is 62.2 Å². The lowest BCUT2D eigenvalue weighted by Gasteiger charge is -2.32. The number of carbonyl (C=O) groups is 1. The van der Waals surface area contributed by atoms with Gasteiger partial charge in [-0.25, -0.2) is 8.42 Å². The maximum absolute atomic E-state index is 13.0. The normalized spacial score (nSPS) is 26.8. The summed E-state index contributed by atoms with van der Waals surface area (Å²) in [5, 5.41) is 3.02. The van der Waals surface area contributed by atoms with Gasteiger partial charge in [0.15, 0.2) is 0 Å². The molecule has 1 aromatic carbocycles. The Labute approximate surface area is 168 Å². The number of nitrogens with zero attached hydrogens (tertiary/aromatic N) is 1.